The van der Waals surface area contributed by atoms with E-state index in [2.05, 4.69) is 10.2 Å². The van der Waals surface area contributed by atoms with Crippen LogP contribution in [0.15, 0.2) is 22.9 Å². The van der Waals surface area contributed by atoms with Gasteiger partial charge in [0.15, 0.2) is 5.78 Å². The van der Waals surface area contributed by atoms with E-state index >= 15 is 0 Å². The van der Waals surface area contributed by atoms with Gasteiger partial charge < -0.3 is 10.1 Å². The van der Waals surface area contributed by atoms with Crippen LogP contribution >= 0.6 is 0 Å². The summed E-state index contributed by atoms with van der Waals surface area (Å²) in [5.74, 6) is -0.0400. The second-order valence-electron chi connectivity index (χ2n) is 5.83. The van der Waals surface area contributed by atoms with Gasteiger partial charge in [-0.2, -0.15) is 0 Å². The molecule has 0 unspecified atom stereocenters. The summed E-state index contributed by atoms with van der Waals surface area (Å²) < 4.78 is 5.31. The summed E-state index contributed by atoms with van der Waals surface area (Å²) in [6.45, 7) is 10.5. The van der Waals surface area contributed by atoms with Gasteiger partial charge in [0.2, 0.25) is 5.78 Å². The molecule has 21 heavy (non-hydrogen) atoms. The largest absolute Gasteiger partial charge is 0.380 e. The van der Waals surface area contributed by atoms with E-state index in [-0.39, 0.29) is 17.5 Å². The fourth-order valence-corrected chi connectivity index (χ4v) is 2.56. The molecule has 0 saturated carbocycles. The van der Waals surface area contributed by atoms with E-state index in [4.69, 9.17) is 4.74 Å². The van der Waals surface area contributed by atoms with E-state index in [1.807, 2.05) is 13.8 Å². The van der Waals surface area contributed by atoms with Gasteiger partial charge in [0.05, 0.1) is 18.9 Å². The van der Waals surface area contributed by atoms with Crippen molar-refractivity contribution in [2.75, 3.05) is 39.4 Å². The lowest BCUT2D eigenvalue weighted by Crippen LogP contribution is -2.41. The number of nitrogens with one attached hydrogen (secondary N) is 1. The monoisotopic (exact) mass is 292 g/mol. The highest BCUT2D eigenvalue weighted by Crippen LogP contribution is 2.22. The second kappa shape index (κ2) is 7.00. The van der Waals surface area contributed by atoms with Crippen molar-refractivity contribution in [2.45, 2.75) is 20.8 Å². The van der Waals surface area contributed by atoms with Gasteiger partial charge in [-0.15, -0.1) is 0 Å². The molecular weight excluding hydrogens is 268 g/mol. The van der Waals surface area contributed by atoms with Gasteiger partial charge in [-0.25, -0.2) is 0 Å². The van der Waals surface area contributed by atoms with Crippen LogP contribution in [0.2, 0.25) is 0 Å². The first-order chi connectivity index (χ1) is 10.0. The Morgan fingerprint density at radius 2 is 1.95 bits per heavy atom. The molecule has 0 bridgehead atoms. The number of morpholine rings is 1. The Balaban J connectivity index is 1.95. The summed E-state index contributed by atoms with van der Waals surface area (Å²) in [5.41, 5.74) is 1.59. The summed E-state index contributed by atoms with van der Waals surface area (Å²) in [7, 11) is 0. The van der Waals surface area contributed by atoms with Crippen molar-refractivity contribution >= 4 is 11.6 Å². The van der Waals surface area contributed by atoms with Crippen LogP contribution < -0.4 is 5.32 Å². The van der Waals surface area contributed by atoms with Crippen LogP contribution in [0.25, 0.3) is 0 Å². The first-order valence-corrected chi connectivity index (χ1v) is 7.56. The molecule has 0 aromatic carbocycles. The van der Waals surface area contributed by atoms with Crippen LogP contribution in [-0.4, -0.2) is 55.9 Å². The maximum atomic E-state index is 12.4. The SMILES string of the molecule is CC1=C(NCCN2CCOCC2)C(=O)C(C(C)C)=CC1=O. The lowest BCUT2D eigenvalue weighted by Gasteiger charge is -2.27. The smallest absolute Gasteiger partial charge is 0.205 e. The Morgan fingerprint density at radius 1 is 1.29 bits per heavy atom. The molecule has 1 fully saturated rings. The molecule has 0 radical (unpaired) electrons. The molecule has 5 heteroatoms. The molecule has 0 aromatic heterocycles. The molecular formula is C16H24N2O3. The van der Waals surface area contributed by atoms with Crippen molar-refractivity contribution in [2.24, 2.45) is 5.92 Å². The summed E-state index contributed by atoms with van der Waals surface area (Å²) in [4.78, 5) is 26.7. The van der Waals surface area contributed by atoms with Crippen molar-refractivity contribution in [3.8, 4) is 0 Å². The average molecular weight is 292 g/mol. The third-order valence-electron chi connectivity index (χ3n) is 3.98. The van der Waals surface area contributed by atoms with Crippen LogP contribution in [0, 0.1) is 5.92 Å². The summed E-state index contributed by atoms with van der Waals surface area (Å²) >= 11 is 0. The summed E-state index contributed by atoms with van der Waals surface area (Å²) in [6, 6.07) is 0. The predicted molar refractivity (Wildman–Crippen MR) is 80.9 cm³/mol. The number of hydrogen-bond donors (Lipinski definition) is 1. The molecule has 0 aromatic rings. The van der Waals surface area contributed by atoms with Crippen LogP contribution in [0.3, 0.4) is 0 Å². The number of Topliss-reactive ketones (excluding diaryl/α,β-unsaturated/α-hetero) is 1. The Hall–Kier alpha value is -1.46. The van der Waals surface area contributed by atoms with Gasteiger partial charge in [-0.3, -0.25) is 14.5 Å². The number of allylic oxidation sites excluding steroid dienone is 3. The van der Waals surface area contributed by atoms with Gasteiger partial charge in [0.25, 0.3) is 0 Å². The molecule has 2 rings (SSSR count). The maximum Gasteiger partial charge on any atom is 0.205 e. The molecule has 5 nitrogen and oxygen atoms in total. The zero-order valence-corrected chi connectivity index (χ0v) is 13.1. The van der Waals surface area contributed by atoms with Gasteiger partial charge in [0.1, 0.15) is 0 Å². The van der Waals surface area contributed by atoms with E-state index in [1.165, 1.54) is 6.08 Å². The minimum absolute atomic E-state index is 0.0379. The average Bonchev–Trinajstić information content (AvgIpc) is 2.47. The topological polar surface area (TPSA) is 58.6 Å². The molecule has 0 spiro atoms. The Labute approximate surface area is 126 Å². The Bertz CT molecular complexity index is 486. The minimum Gasteiger partial charge on any atom is -0.380 e. The van der Waals surface area contributed by atoms with Gasteiger partial charge in [-0.1, -0.05) is 13.8 Å². The van der Waals surface area contributed by atoms with Crippen LogP contribution in [-0.2, 0) is 14.3 Å². The number of hydrogen-bond acceptors (Lipinski definition) is 5. The Morgan fingerprint density at radius 3 is 2.57 bits per heavy atom. The summed E-state index contributed by atoms with van der Waals surface area (Å²) in [5, 5.41) is 3.17. The highest BCUT2D eigenvalue weighted by atomic mass is 16.5. The van der Waals surface area contributed by atoms with Gasteiger partial charge in [-0.05, 0) is 18.9 Å². The molecule has 1 aliphatic heterocycles. The first kappa shape index (κ1) is 15.9. The number of ether oxygens (including phenoxy) is 1. The molecule has 2 aliphatic rings. The zero-order valence-electron chi connectivity index (χ0n) is 13.1. The molecule has 0 atom stereocenters. The fraction of sp³-hybridized carbons (Fsp3) is 0.625. The number of ketones is 2. The normalized spacial score (nSPS) is 21.0. The maximum absolute atomic E-state index is 12.4. The minimum atomic E-state index is -0.0628. The quantitative estimate of drug-likeness (QED) is 0.764. The van der Waals surface area contributed by atoms with Crippen LogP contribution in [0.5, 0.6) is 0 Å². The van der Waals surface area contributed by atoms with Crippen LogP contribution in [0.4, 0.5) is 0 Å². The highest BCUT2D eigenvalue weighted by molar-refractivity contribution is 6.22. The third kappa shape index (κ3) is 3.80. The lowest BCUT2D eigenvalue weighted by atomic mass is 9.88. The third-order valence-corrected chi connectivity index (χ3v) is 3.98. The van der Waals surface area contributed by atoms with E-state index in [0.717, 1.165) is 32.8 Å². The first-order valence-electron chi connectivity index (χ1n) is 7.56. The number of rotatable bonds is 5. The zero-order chi connectivity index (χ0) is 15.4. The second-order valence-corrected chi connectivity index (χ2v) is 5.83. The number of nitrogens with zero attached hydrogens (tertiary/aromatic N) is 1. The highest BCUT2D eigenvalue weighted by Gasteiger charge is 2.27. The number of carbonyl (C=O) groups excluding carboxylic acids is 2. The lowest BCUT2D eigenvalue weighted by molar-refractivity contribution is -0.116. The molecule has 1 aliphatic carbocycles. The molecule has 0 amide bonds. The van der Waals surface area contributed by atoms with Crippen molar-refractivity contribution in [3.63, 3.8) is 0 Å². The van der Waals surface area contributed by atoms with Crippen molar-refractivity contribution in [3.05, 3.63) is 22.9 Å². The molecule has 1 saturated heterocycles. The Kier molecular flexibility index (Phi) is 5.31. The number of carbonyl (C=O) groups is 2. The van der Waals surface area contributed by atoms with E-state index in [9.17, 15) is 9.59 Å². The van der Waals surface area contributed by atoms with Crippen molar-refractivity contribution < 1.29 is 14.3 Å². The molecule has 1 heterocycles. The van der Waals surface area contributed by atoms with E-state index < -0.39 is 0 Å². The van der Waals surface area contributed by atoms with Crippen molar-refractivity contribution in [1.29, 1.82) is 0 Å². The van der Waals surface area contributed by atoms with Crippen molar-refractivity contribution in [1.82, 2.24) is 10.2 Å². The van der Waals surface area contributed by atoms with Crippen LogP contribution in [0.1, 0.15) is 20.8 Å². The summed E-state index contributed by atoms with van der Waals surface area (Å²) in [6.07, 6.45) is 1.48. The fourth-order valence-electron chi connectivity index (χ4n) is 2.56. The van der Waals surface area contributed by atoms with Gasteiger partial charge >= 0.3 is 0 Å². The predicted octanol–water partition coefficient (Wildman–Crippen LogP) is 0.916. The molecule has 116 valence electrons. The standard InChI is InChI=1S/C16H24N2O3/c1-11(2)13-10-14(19)12(3)15(16(13)20)17-4-5-18-6-8-21-9-7-18/h10-11,17H,4-9H2,1-3H3. The molecule has 1 N–H and O–H groups in total. The van der Waals surface area contributed by atoms with Gasteiger partial charge in [0, 0.05) is 37.3 Å². The van der Waals surface area contributed by atoms with E-state index in [0.29, 0.717) is 23.4 Å². The van der Waals surface area contributed by atoms with E-state index in [1.54, 1.807) is 6.92 Å².